The summed E-state index contributed by atoms with van der Waals surface area (Å²) in [5, 5.41) is 0. The molecule has 2 rings (SSSR count). The van der Waals surface area contributed by atoms with Crippen molar-refractivity contribution in [3.05, 3.63) is 35.8 Å². The third kappa shape index (κ3) is 1.78. The molecular weight excluding hydrogens is 192 g/mol. The highest BCUT2D eigenvalue weighted by molar-refractivity contribution is 6.02. The highest BCUT2D eigenvalue weighted by atomic mass is 16.5. The molecule has 15 heavy (non-hydrogen) atoms. The van der Waals surface area contributed by atoms with Crippen LogP contribution < -0.4 is 0 Å². The summed E-state index contributed by atoms with van der Waals surface area (Å²) in [7, 11) is 1.61. The Hall–Kier alpha value is -1.61. The number of rotatable bonds is 3. The van der Waals surface area contributed by atoms with E-state index in [4.69, 9.17) is 9.15 Å². The Bertz CT molecular complexity index is 456. The largest absolute Gasteiger partial charge is 0.466 e. The summed E-state index contributed by atoms with van der Waals surface area (Å²) in [6.45, 7) is 1.98. The lowest BCUT2D eigenvalue weighted by molar-refractivity contribution is 0.101. The van der Waals surface area contributed by atoms with E-state index >= 15 is 0 Å². The third-order valence-corrected chi connectivity index (χ3v) is 2.34. The van der Waals surface area contributed by atoms with E-state index in [1.165, 1.54) is 0 Å². The van der Waals surface area contributed by atoms with Gasteiger partial charge in [-0.2, -0.15) is 0 Å². The van der Waals surface area contributed by atoms with Crippen molar-refractivity contribution < 1.29 is 13.9 Å². The Balaban J connectivity index is 2.51. The number of ketones is 1. The summed E-state index contributed by atoms with van der Waals surface area (Å²) in [5.74, 6) is 0.790. The summed E-state index contributed by atoms with van der Waals surface area (Å²) in [6, 6.07) is 5.56. The molecule has 2 aliphatic rings. The van der Waals surface area contributed by atoms with Crippen LogP contribution >= 0.6 is 0 Å². The van der Waals surface area contributed by atoms with Crippen molar-refractivity contribution in [2.45, 2.75) is 13.5 Å². The zero-order valence-corrected chi connectivity index (χ0v) is 8.74. The predicted octanol–water partition coefficient (Wildman–Crippen LogP) is 2.73. The summed E-state index contributed by atoms with van der Waals surface area (Å²) < 4.78 is 10.3. The van der Waals surface area contributed by atoms with Crippen LogP contribution in [0.2, 0.25) is 0 Å². The van der Waals surface area contributed by atoms with E-state index in [0.29, 0.717) is 6.61 Å². The van der Waals surface area contributed by atoms with Gasteiger partial charge in [0.05, 0.1) is 6.26 Å². The maximum Gasteiger partial charge on any atom is 0.160 e. The van der Waals surface area contributed by atoms with Crippen molar-refractivity contribution in [2.75, 3.05) is 7.11 Å². The number of Topliss-reactive ketones (excluding diaryl/α,β-unsaturated/α-hetero) is 1. The summed E-state index contributed by atoms with van der Waals surface area (Å²) in [6.07, 6.45) is 1.65. The highest BCUT2D eigenvalue weighted by Gasteiger charge is 2.14. The van der Waals surface area contributed by atoms with Crippen LogP contribution in [0.4, 0.5) is 0 Å². The molecule has 3 nitrogen and oxygen atoms in total. The quantitative estimate of drug-likeness (QED) is 0.721. The smallest absolute Gasteiger partial charge is 0.160 e. The van der Waals surface area contributed by atoms with Gasteiger partial charge in [0.1, 0.15) is 12.4 Å². The molecule has 0 radical (unpaired) electrons. The van der Waals surface area contributed by atoms with Crippen LogP contribution in [0.3, 0.4) is 0 Å². The number of ether oxygens (including phenoxy) is 1. The number of hydrogen-bond donors (Lipinski definition) is 0. The fourth-order valence-electron chi connectivity index (χ4n) is 1.63. The number of carbonyl (C=O) groups is 1. The zero-order chi connectivity index (χ0) is 10.8. The Morgan fingerprint density at radius 3 is 2.93 bits per heavy atom. The molecular formula is C12H12O3. The van der Waals surface area contributed by atoms with Gasteiger partial charge < -0.3 is 9.15 Å². The summed E-state index contributed by atoms with van der Waals surface area (Å²) in [5.41, 5.74) is 2.61. The van der Waals surface area contributed by atoms with Crippen LogP contribution in [0.5, 0.6) is 0 Å². The van der Waals surface area contributed by atoms with Crippen LogP contribution in [0, 0.1) is 0 Å². The van der Waals surface area contributed by atoms with E-state index in [9.17, 15) is 4.79 Å². The topological polar surface area (TPSA) is 39.4 Å². The first kappa shape index (κ1) is 9.93. The Kier molecular flexibility index (Phi) is 2.56. The van der Waals surface area contributed by atoms with Gasteiger partial charge >= 0.3 is 0 Å². The van der Waals surface area contributed by atoms with E-state index < -0.39 is 0 Å². The van der Waals surface area contributed by atoms with Gasteiger partial charge in [-0.1, -0.05) is 12.1 Å². The molecule has 3 heteroatoms. The fraction of sp³-hybridized carbons (Fsp3) is 0.250. The van der Waals surface area contributed by atoms with Crippen LogP contribution in [-0.4, -0.2) is 12.9 Å². The predicted molar refractivity (Wildman–Crippen MR) is 56.0 cm³/mol. The lowest BCUT2D eigenvalue weighted by Crippen LogP contribution is -1.93. The molecule has 1 heterocycles. The van der Waals surface area contributed by atoms with Gasteiger partial charge in [-0.25, -0.2) is 0 Å². The highest BCUT2D eigenvalue weighted by Crippen LogP contribution is 2.29. The van der Waals surface area contributed by atoms with Crippen molar-refractivity contribution in [3.63, 3.8) is 0 Å². The Morgan fingerprint density at radius 2 is 2.27 bits per heavy atom. The van der Waals surface area contributed by atoms with Crippen LogP contribution in [0.1, 0.15) is 23.0 Å². The van der Waals surface area contributed by atoms with Gasteiger partial charge in [0.2, 0.25) is 0 Å². The normalized spacial score (nSPS) is 10.8. The van der Waals surface area contributed by atoms with E-state index in [1.54, 1.807) is 20.3 Å². The van der Waals surface area contributed by atoms with Crippen LogP contribution in [-0.2, 0) is 11.3 Å². The van der Waals surface area contributed by atoms with Crippen molar-refractivity contribution in [3.8, 4) is 11.1 Å². The van der Waals surface area contributed by atoms with Crippen LogP contribution in [0.25, 0.3) is 11.1 Å². The minimum atomic E-state index is 0.0690. The van der Waals surface area contributed by atoms with Crippen LogP contribution in [0.15, 0.2) is 28.9 Å². The molecule has 78 valence electrons. The molecule has 0 aromatic heterocycles. The van der Waals surface area contributed by atoms with Crippen molar-refractivity contribution in [1.82, 2.24) is 0 Å². The Morgan fingerprint density at radius 1 is 1.47 bits per heavy atom. The second-order valence-electron chi connectivity index (χ2n) is 3.45. The standard InChI is InChI=1S/C12H12O3/c1-8(13)11-4-3-9-6-15-10(7-14-2)5-12(9)11/h3-6H,7H2,1-2H3. The average molecular weight is 204 g/mol. The van der Waals surface area contributed by atoms with Crippen molar-refractivity contribution in [2.24, 2.45) is 0 Å². The van der Waals surface area contributed by atoms with Gasteiger partial charge in [-0.05, 0) is 18.6 Å². The van der Waals surface area contributed by atoms with E-state index in [2.05, 4.69) is 0 Å². The first-order valence-electron chi connectivity index (χ1n) is 4.72. The molecule has 0 spiro atoms. The summed E-state index contributed by atoms with van der Waals surface area (Å²) in [4.78, 5) is 11.3. The van der Waals surface area contributed by atoms with Gasteiger partial charge in [-0.3, -0.25) is 4.79 Å². The molecule has 0 aromatic carbocycles. The number of hydrogen-bond acceptors (Lipinski definition) is 3. The SMILES string of the molecule is COCc1cc2c(C(C)=O)ccc-2co1. The lowest BCUT2D eigenvalue weighted by atomic mass is 10.1. The van der Waals surface area contributed by atoms with E-state index in [1.807, 2.05) is 18.2 Å². The van der Waals surface area contributed by atoms with Crippen molar-refractivity contribution in [1.29, 1.82) is 0 Å². The molecule has 0 bridgehead atoms. The second-order valence-corrected chi connectivity index (χ2v) is 3.45. The van der Waals surface area contributed by atoms with E-state index in [0.717, 1.165) is 22.5 Å². The molecule has 1 aliphatic heterocycles. The average Bonchev–Trinajstić information content (AvgIpc) is 2.61. The molecule has 0 aromatic rings. The molecule has 0 N–H and O–H groups in total. The molecule has 0 amide bonds. The fourth-order valence-corrected chi connectivity index (χ4v) is 1.63. The van der Waals surface area contributed by atoms with Gasteiger partial charge in [0.15, 0.2) is 5.78 Å². The van der Waals surface area contributed by atoms with E-state index in [-0.39, 0.29) is 5.78 Å². The number of methoxy groups -OCH3 is 1. The minimum Gasteiger partial charge on any atom is -0.466 e. The number of carbonyl (C=O) groups excluding carboxylic acids is 1. The minimum absolute atomic E-state index is 0.0690. The molecule has 1 aliphatic carbocycles. The lowest BCUT2D eigenvalue weighted by Gasteiger charge is -2.04. The molecule has 0 atom stereocenters. The Labute approximate surface area is 88.0 Å². The third-order valence-electron chi connectivity index (χ3n) is 2.34. The first-order chi connectivity index (χ1) is 7.22. The molecule has 0 unspecified atom stereocenters. The second kappa shape index (κ2) is 3.87. The van der Waals surface area contributed by atoms with Gasteiger partial charge in [0.25, 0.3) is 0 Å². The monoisotopic (exact) mass is 204 g/mol. The zero-order valence-electron chi connectivity index (χ0n) is 8.74. The summed E-state index contributed by atoms with van der Waals surface area (Å²) >= 11 is 0. The molecule has 0 saturated heterocycles. The van der Waals surface area contributed by atoms with Crippen molar-refractivity contribution >= 4 is 5.78 Å². The first-order valence-corrected chi connectivity index (χ1v) is 4.72. The molecule has 0 fully saturated rings. The van der Waals surface area contributed by atoms with Gasteiger partial charge in [-0.15, -0.1) is 0 Å². The number of fused-ring (bicyclic) bond motifs is 1. The maximum atomic E-state index is 11.3. The maximum absolute atomic E-state index is 11.3. The molecule has 0 saturated carbocycles. The van der Waals surface area contributed by atoms with Gasteiger partial charge in [0, 0.05) is 18.2 Å².